The van der Waals surface area contributed by atoms with Crippen LogP contribution in [0.2, 0.25) is 0 Å². The van der Waals surface area contributed by atoms with Gasteiger partial charge in [0.05, 0.1) is 0 Å². The molecule has 0 aromatic heterocycles. The van der Waals surface area contributed by atoms with E-state index < -0.39 is 0 Å². The number of nitrogens with one attached hydrogen (secondary N) is 1. The van der Waals surface area contributed by atoms with Crippen LogP contribution >= 0.6 is 0 Å². The van der Waals surface area contributed by atoms with Gasteiger partial charge in [0.15, 0.2) is 6.61 Å². The van der Waals surface area contributed by atoms with E-state index in [0.717, 1.165) is 50.1 Å². The second-order valence-corrected chi connectivity index (χ2v) is 8.98. The molecule has 1 aromatic rings. The zero-order chi connectivity index (χ0) is 19.6. The summed E-state index contributed by atoms with van der Waals surface area (Å²) in [5, 5.41) is 3.06. The van der Waals surface area contributed by atoms with Gasteiger partial charge < -0.3 is 15.0 Å². The largest absolute Gasteiger partial charge is 0.483 e. The number of aryl methyl sites for hydroxylation is 1. The normalized spacial score (nSPS) is 18.3. The van der Waals surface area contributed by atoms with Crippen LogP contribution in [0.3, 0.4) is 0 Å². The van der Waals surface area contributed by atoms with E-state index in [-0.39, 0.29) is 29.9 Å². The summed E-state index contributed by atoms with van der Waals surface area (Å²) in [5.41, 5.74) is 2.25. The Morgan fingerprint density at radius 2 is 1.81 bits per heavy atom. The van der Waals surface area contributed by atoms with Crippen molar-refractivity contribution in [3.63, 3.8) is 0 Å². The summed E-state index contributed by atoms with van der Waals surface area (Å²) in [6.45, 7) is 10.0. The Hall–Kier alpha value is -2.04. The topological polar surface area (TPSA) is 58.6 Å². The Bertz CT molecular complexity index is 696. The standard InChI is InChI=1S/C22H32N2O3/c1-15-5-8-19(18(13-15)22(2,3)4)27-14-20(25)23-17-9-11-24(12-10-17)21(26)16-6-7-16/h5,8,13,16-17H,6-7,9-12,14H2,1-4H3,(H,23,25). The molecule has 0 spiro atoms. The van der Waals surface area contributed by atoms with E-state index in [4.69, 9.17) is 4.74 Å². The first kappa shape index (κ1) is 19.7. The van der Waals surface area contributed by atoms with Gasteiger partial charge in [-0.15, -0.1) is 0 Å². The minimum Gasteiger partial charge on any atom is -0.483 e. The lowest BCUT2D eigenvalue weighted by atomic mass is 9.85. The lowest BCUT2D eigenvalue weighted by molar-refractivity contribution is -0.133. The van der Waals surface area contributed by atoms with Crippen LogP contribution in [0.1, 0.15) is 57.6 Å². The molecule has 0 bridgehead atoms. The molecule has 3 rings (SSSR count). The summed E-state index contributed by atoms with van der Waals surface area (Å²) in [4.78, 5) is 26.4. The lowest BCUT2D eigenvalue weighted by Gasteiger charge is -2.32. The molecule has 27 heavy (non-hydrogen) atoms. The van der Waals surface area contributed by atoms with Crippen molar-refractivity contribution in [2.24, 2.45) is 5.92 Å². The van der Waals surface area contributed by atoms with Crippen LogP contribution in [0.25, 0.3) is 0 Å². The number of amides is 2. The molecule has 0 unspecified atom stereocenters. The number of carbonyl (C=O) groups excluding carboxylic acids is 2. The van der Waals surface area contributed by atoms with Crippen LogP contribution in [-0.4, -0.2) is 42.5 Å². The van der Waals surface area contributed by atoms with Gasteiger partial charge in [0, 0.05) is 25.0 Å². The van der Waals surface area contributed by atoms with Gasteiger partial charge in [-0.25, -0.2) is 0 Å². The Balaban J connectivity index is 1.47. The van der Waals surface area contributed by atoms with E-state index in [9.17, 15) is 9.59 Å². The van der Waals surface area contributed by atoms with Crippen molar-refractivity contribution in [2.45, 2.75) is 64.8 Å². The molecule has 1 aliphatic heterocycles. The minimum absolute atomic E-state index is 0.0212. The van der Waals surface area contributed by atoms with Gasteiger partial charge in [-0.05, 0) is 49.7 Å². The van der Waals surface area contributed by atoms with Crippen LogP contribution in [0.4, 0.5) is 0 Å². The second kappa shape index (κ2) is 7.91. The number of ether oxygens (including phenoxy) is 1. The Morgan fingerprint density at radius 3 is 2.41 bits per heavy atom. The minimum atomic E-state index is -0.0950. The Kier molecular flexibility index (Phi) is 5.78. The SMILES string of the molecule is Cc1ccc(OCC(=O)NC2CCN(C(=O)C3CC3)CC2)c(C(C)(C)C)c1. The summed E-state index contributed by atoms with van der Waals surface area (Å²) in [6, 6.07) is 6.21. The summed E-state index contributed by atoms with van der Waals surface area (Å²) in [5.74, 6) is 1.25. The quantitative estimate of drug-likeness (QED) is 0.864. The van der Waals surface area contributed by atoms with Gasteiger partial charge in [-0.1, -0.05) is 38.5 Å². The van der Waals surface area contributed by atoms with Gasteiger partial charge in [0.1, 0.15) is 5.75 Å². The summed E-state index contributed by atoms with van der Waals surface area (Å²) >= 11 is 0. The van der Waals surface area contributed by atoms with E-state index >= 15 is 0 Å². The zero-order valence-electron chi connectivity index (χ0n) is 17.0. The van der Waals surface area contributed by atoms with Crippen molar-refractivity contribution < 1.29 is 14.3 Å². The van der Waals surface area contributed by atoms with Gasteiger partial charge in [0.2, 0.25) is 5.91 Å². The van der Waals surface area contributed by atoms with E-state index in [2.05, 4.69) is 39.1 Å². The maximum absolute atomic E-state index is 12.3. The molecule has 2 aliphatic rings. The molecule has 148 valence electrons. The fraction of sp³-hybridized carbons (Fsp3) is 0.636. The molecule has 2 amide bonds. The number of carbonyl (C=O) groups is 2. The van der Waals surface area contributed by atoms with Crippen molar-refractivity contribution in [3.8, 4) is 5.75 Å². The van der Waals surface area contributed by atoms with E-state index in [1.165, 1.54) is 5.56 Å². The number of hydrogen-bond acceptors (Lipinski definition) is 3. The number of benzene rings is 1. The van der Waals surface area contributed by atoms with Crippen LogP contribution in [0.5, 0.6) is 5.75 Å². The highest BCUT2D eigenvalue weighted by Crippen LogP contribution is 2.33. The second-order valence-electron chi connectivity index (χ2n) is 8.98. The van der Waals surface area contributed by atoms with Gasteiger partial charge >= 0.3 is 0 Å². The first-order valence-electron chi connectivity index (χ1n) is 10.1. The van der Waals surface area contributed by atoms with Crippen LogP contribution in [0, 0.1) is 12.8 Å². The summed E-state index contributed by atoms with van der Waals surface area (Å²) < 4.78 is 5.84. The van der Waals surface area contributed by atoms with Crippen molar-refractivity contribution >= 4 is 11.8 Å². The smallest absolute Gasteiger partial charge is 0.258 e. The van der Waals surface area contributed by atoms with Crippen LogP contribution in [-0.2, 0) is 15.0 Å². The average Bonchev–Trinajstić information content (AvgIpc) is 3.45. The third-order valence-corrected chi connectivity index (χ3v) is 5.40. The summed E-state index contributed by atoms with van der Waals surface area (Å²) in [6.07, 6.45) is 3.73. The predicted molar refractivity (Wildman–Crippen MR) is 106 cm³/mol. The molecule has 0 atom stereocenters. The number of hydrogen-bond donors (Lipinski definition) is 1. The molecule has 5 nitrogen and oxygen atoms in total. The molecule has 1 heterocycles. The van der Waals surface area contributed by atoms with E-state index in [1.54, 1.807) is 0 Å². The highest BCUT2D eigenvalue weighted by Gasteiger charge is 2.35. The average molecular weight is 373 g/mol. The predicted octanol–water partition coefficient (Wildman–Crippen LogP) is 3.19. The first-order valence-corrected chi connectivity index (χ1v) is 10.1. The molecule has 1 N–H and O–H groups in total. The number of nitrogens with zero attached hydrogens (tertiary/aromatic N) is 1. The van der Waals surface area contributed by atoms with Gasteiger partial charge in [0.25, 0.3) is 5.91 Å². The number of piperidine rings is 1. The Morgan fingerprint density at radius 1 is 1.15 bits per heavy atom. The maximum Gasteiger partial charge on any atom is 0.258 e. The van der Waals surface area contributed by atoms with Gasteiger partial charge in [-0.2, -0.15) is 0 Å². The van der Waals surface area contributed by atoms with Crippen molar-refractivity contribution in [2.75, 3.05) is 19.7 Å². The van der Waals surface area contributed by atoms with Gasteiger partial charge in [-0.3, -0.25) is 9.59 Å². The fourth-order valence-electron chi connectivity index (χ4n) is 3.60. The summed E-state index contributed by atoms with van der Waals surface area (Å²) in [7, 11) is 0. The van der Waals surface area contributed by atoms with Crippen LogP contribution < -0.4 is 10.1 Å². The molecular weight excluding hydrogens is 340 g/mol. The molecule has 1 aromatic carbocycles. The van der Waals surface area contributed by atoms with E-state index in [0.29, 0.717) is 5.91 Å². The molecule has 5 heteroatoms. The van der Waals surface area contributed by atoms with Crippen molar-refractivity contribution in [1.82, 2.24) is 10.2 Å². The number of likely N-dealkylation sites (tertiary alicyclic amines) is 1. The molecule has 1 saturated carbocycles. The molecular formula is C22H32N2O3. The van der Waals surface area contributed by atoms with E-state index in [1.807, 2.05) is 17.0 Å². The maximum atomic E-state index is 12.3. The van der Waals surface area contributed by atoms with Crippen molar-refractivity contribution in [1.29, 1.82) is 0 Å². The zero-order valence-corrected chi connectivity index (χ0v) is 17.0. The third kappa shape index (κ3) is 5.24. The molecule has 1 aliphatic carbocycles. The number of rotatable bonds is 5. The highest BCUT2D eigenvalue weighted by atomic mass is 16.5. The molecule has 0 radical (unpaired) electrons. The molecule has 2 fully saturated rings. The highest BCUT2D eigenvalue weighted by molar-refractivity contribution is 5.81. The first-order chi connectivity index (χ1) is 12.7. The third-order valence-electron chi connectivity index (χ3n) is 5.40. The lowest BCUT2D eigenvalue weighted by Crippen LogP contribution is -2.47. The monoisotopic (exact) mass is 372 g/mol. The fourth-order valence-corrected chi connectivity index (χ4v) is 3.60. The molecule has 1 saturated heterocycles. The van der Waals surface area contributed by atoms with Crippen molar-refractivity contribution in [3.05, 3.63) is 29.3 Å². The Labute approximate surface area is 162 Å². The van der Waals surface area contributed by atoms with Crippen LogP contribution in [0.15, 0.2) is 18.2 Å².